The first-order chi connectivity index (χ1) is 17.5. The highest BCUT2D eigenvalue weighted by molar-refractivity contribution is 7.93. The second-order valence-electron chi connectivity index (χ2n) is 9.12. The van der Waals surface area contributed by atoms with Gasteiger partial charge in [-0.05, 0) is 60.3 Å². The van der Waals surface area contributed by atoms with Crippen LogP contribution in [0.15, 0.2) is 46.2 Å². The largest absolute Gasteiger partial charge is 0.439 e. The summed E-state index contributed by atoms with van der Waals surface area (Å²) in [5, 5.41) is 25.1. The minimum Gasteiger partial charge on any atom is -0.439 e. The van der Waals surface area contributed by atoms with Crippen molar-refractivity contribution in [2.75, 3.05) is 18.8 Å². The number of aromatic nitrogens is 4. The molecule has 0 radical (unpaired) electrons. The van der Waals surface area contributed by atoms with Gasteiger partial charge in [-0.25, -0.2) is 26.8 Å². The molecule has 5 N–H and O–H groups in total. The summed E-state index contributed by atoms with van der Waals surface area (Å²) in [4.78, 5) is 10.6. The van der Waals surface area contributed by atoms with Crippen molar-refractivity contribution in [1.29, 1.82) is 0 Å². The number of cyclic esters (lactones) is 1. The summed E-state index contributed by atoms with van der Waals surface area (Å²) in [6, 6.07) is 9.43. The molecule has 0 aliphatic carbocycles. The number of sulfone groups is 1. The molecule has 5 rings (SSSR count). The Morgan fingerprint density at radius 1 is 1.11 bits per heavy atom. The molecule has 37 heavy (non-hydrogen) atoms. The van der Waals surface area contributed by atoms with Gasteiger partial charge in [-0.1, -0.05) is 30.3 Å². The van der Waals surface area contributed by atoms with E-state index in [1.807, 2.05) is 6.92 Å². The van der Waals surface area contributed by atoms with Crippen molar-refractivity contribution in [1.82, 2.24) is 31.3 Å². The summed E-state index contributed by atoms with van der Waals surface area (Å²) in [5.41, 5.74) is 1.54. The van der Waals surface area contributed by atoms with Gasteiger partial charge in [-0.2, -0.15) is 5.21 Å². The summed E-state index contributed by atoms with van der Waals surface area (Å²) < 4.78 is 57.9. The van der Waals surface area contributed by atoms with Gasteiger partial charge in [0.25, 0.3) is 0 Å². The van der Waals surface area contributed by atoms with E-state index in [1.54, 1.807) is 24.3 Å². The maximum Gasteiger partial charge on any atom is 0.408 e. The van der Waals surface area contributed by atoms with Crippen LogP contribution in [0.25, 0.3) is 22.5 Å². The van der Waals surface area contributed by atoms with Crippen LogP contribution in [0, 0.1) is 5.92 Å². The first-order valence-electron chi connectivity index (χ1n) is 11.5. The zero-order valence-corrected chi connectivity index (χ0v) is 21.3. The predicted molar refractivity (Wildman–Crippen MR) is 131 cm³/mol. The number of carbonyl (C=O) groups is 1. The Labute approximate surface area is 213 Å². The highest BCUT2D eigenvalue weighted by Crippen LogP contribution is 2.40. The van der Waals surface area contributed by atoms with Gasteiger partial charge >= 0.3 is 6.09 Å². The fourth-order valence-electron chi connectivity index (χ4n) is 4.80. The van der Waals surface area contributed by atoms with E-state index in [0.29, 0.717) is 30.6 Å². The molecule has 0 bridgehead atoms. The summed E-state index contributed by atoms with van der Waals surface area (Å²) in [6.07, 6.45) is -0.337. The van der Waals surface area contributed by atoms with Crippen molar-refractivity contribution in [3.05, 3.63) is 42.0 Å². The topological polar surface area (TPSA) is 199 Å². The Balaban J connectivity index is 1.65. The summed E-state index contributed by atoms with van der Waals surface area (Å²) in [6.45, 7) is 3.04. The molecule has 2 fully saturated rings. The predicted octanol–water partition coefficient (Wildman–Crippen LogP) is 0.734. The van der Waals surface area contributed by atoms with Crippen molar-refractivity contribution >= 4 is 26.0 Å². The molecule has 0 saturated carbocycles. The highest BCUT2D eigenvalue weighted by Gasteiger charge is 2.35. The quantitative estimate of drug-likeness (QED) is 0.327. The monoisotopic (exact) mass is 547 g/mol. The first-order valence-corrected chi connectivity index (χ1v) is 14.7. The van der Waals surface area contributed by atoms with E-state index >= 15 is 0 Å². The molecule has 0 spiro atoms. The van der Waals surface area contributed by atoms with Crippen LogP contribution in [0.3, 0.4) is 0 Å². The first kappa shape index (κ1) is 25.3. The maximum atomic E-state index is 13.4. The minimum atomic E-state index is -4.55. The molecule has 2 aliphatic heterocycles. The molecule has 0 unspecified atom stereocenters. The Morgan fingerprint density at radius 2 is 1.86 bits per heavy atom. The molecule has 3 aromatic rings. The van der Waals surface area contributed by atoms with E-state index in [-0.39, 0.29) is 29.1 Å². The molecule has 15 heteroatoms. The van der Waals surface area contributed by atoms with Crippen molar-refractivity contribution in [2.24, 2.45) is 11.1 Å². The lowest BCUT2D eigenvalue weighted by Gasteiger charge is -2.18. The number of amides is 1. The molecule has 1 amide bonds. The second kappa shape index (κ2) is 9.48. The number of rotatable bonds is 7. The lowest BCUT2D eigenvalue weighted by molar-refractivity contribution is 0.134. The number of hydrogen-bond acceptors (Lipinski definition) is 10. The molecule has 13 nitrogen and oxygen atoms in total. The van der Waals surface area contributed by atoms with E-state index in [2.05, 4.69) is 31.3 Å². The van der Waals surface area contributed by atoms with Gasteiger partial charge in [0.15, 0.2) is 9.84 Å². The standard InChI is InChI=1S/C22H25N7O6S2/c1-12-19(35-22(30)25-12)15-4-2-14(3-5-15)16-6-7-17(36(31,32)11-13-8-9-24-10-13)20(37(23,33)34)18(16)21-26-28-29-27-21/h2-7,12-13,19,24H,8-11H2,1H3,(H,25,30)(H2,23,33,34)(H,26,27,28,29)/t12-,13-,19-/m1/s1. The van der Waals surface area contributed by atoms with Crippen molar-refractivity contribution in [3.8, 4) is 22.5 Å². The smallest absolute Gasteiger partial charge is 0.408 e. The third-order valence-corrected chi connectivity index (χ3v) is 9.55. The van der Waals surface area contributed by atoms with E-state index in [4.69, 9.17) is 9.88 Å². The lowest BCUT2D eigenvalue weighted by atomic mass is 9.96. The van der Waals surface area contributed by atoms with Gasteiger partial charge in [0.2, 0.25) is 15.8 Å². The average Bonchev–Trinajstić information content (AvgIpc) is 3.60. The fraction of sp³-hybridized carbons (Fsp3) is 0.364. The number of nitrogens with one attached hydrogen (secondary N) is 3. The SMILES string of the molecule is C[C@H]1NC(=O)O[C@H]1c1ccc(-c2ccc(S(=O)(=O)C[C@@H]3CCNC3)c(S(N)(=O)=O)c2-c2nn[nH]n2)cc1. The second-order valence-corrected chi connectivity index (χ2v) is 12.6. The molecular weight excluding hydrogens is 522 g/mol. The van der Waals surface area contributed by atoms with E-state index in [1.165, 1.54) is 12.1 Å². The average molecular weight is 548 g/mol. The summed E-state index contributed by atoms with van der Waals surface area (Å²) in [5.74, 6) is -0.500. The molecule has 2 saturated heterocycles. The van der Waals surface area contributed by atoms with E-state index in [9.17, 15) is 21.6 Å². The number of nitrogens with zero attached hydrogens (tertiary/aromatic N) is 3. The number of tetrazole rings is 1. The number of nitrogens with two attached hydrogens (primary N) is 1. The third-order valence-electron chi connectivity index (χ3n) is 6.51. The number of hydrogen-bond donors (Lipinski definition) is 4. The maximum absolute atomic E-state index is 13.4. The van der Waals surface area contributed by atoms with Gasteiger partial charge in [-0.15, -0.1) is 10.2 Å². The molecule has 2 aliphatic rings. The Hall–Kier alpha value is -3.40. The molecule has 3 atom stereocenters. The van der Waals surface area contributed by atoms with Crippen LogP contribution in [-0.4, -0.2) is 68.4 Å². The van der Waals surface area contributed by atoms with Gasteiger partial charge in [0, 0.05) is 0 Å². The summed E-state index contributed by atoms with van der Waals surface area (Å²) in [7, 11) is -8.59. The number of H-pyrrole nitrogens is 1. The van der Waals surface area contributed by atoms with E-state index < -0.39 is 41.8 Å². The van der Waals surface area contributed by atoms with Crippen molar-refractivity contribution in [3.63, 3.8) is 0 Å². The van der Waals surface area contributed by atoms with Gasteiger partial charge < -0.3 is 15.4 Å². The highest BCUT2D eigenvalue weighted by atomic mass is 32.2. The molecular formula is C22H25N7O6S2. The Bertz CT molecular complexity index is 1530. The van der Waals surface area contributed by atoms with Crippen LogP contribution in [0.5, 0.6) is 0 Å². The fourth-order valence-corrected chi connectivity index (χ4v) is 8.11. The Kier molecular flexibility index (Phi) is 6.47. The minimum absolute atomic E-state index is 0.0723. The number of primary sulfonamides is 1. The number of sulfonamides is 1. The molecule has 196 valence electrons. The van der Waals surface area contributed by atoms with Crippen LogP contribution in [0.2, 0.25) is 0 Å². The van der Waals surface area contributed by atoms with Crippen molar-refractivity contribution in [2.45, 2.75) is 35.3 Å². The Morgan fingerprint density at radius 3 is 2.43 bits per heavy atom. The van der Waals surface area contributed by atoms with Gasteiger partial charge in [0.1, 0.15) is 11.0 Å². The lowest BCUT2D eigenvalue weighted by Crippen LogP contribution is -2.23. The number of carbonyl (C=O) groups excluding carboxylic acids is 1. The van der Waals surface area contributed by atoms with Crippen LogP contribution >= 0.6 is 0 Å². The van der Waals surface area contributed by atoms with Crippen molar-refractivity contribution < 1.29 is 26.4 Å². The van der Waals surface area contributed by atoms with E-state index in [0.717, 1.165) is 5.56 Å². The van der Waals surface area contributed by atoms with Gasteiger partial charge in [0.05, 0.1) is 22.3 Å². The summed E-state index contributed by atoms with van der Waals surface area (Å²) >= 11 is 0. The number of aromatic amines is 1. The normalized spacial score (nSPS) is 22.1. The number of alkyl carbamates (subject to hydrolysis) is 1. The zero-order valence-electron chi connectivity index (χ0n) is 19.7. The third kappa shape index (κ3) is 4.94. The molecule has 3 heterocycles. The number of ether oxygens (including phenoxy) is 1. The van der Waals surface area contributed by atoms with Crippen LogP contribution in [0.4, 0.5) is 4.79 Å². The van der Waals surface area contributed by atoms with Gasteiger partial charge in [-0.3, -0.25) is 0 Å². The van der Waals surface area contributed by atoms with Crippen LogP contribution < -0.4 is 15.8 Å². The molecule has 1 aromatic heterocycles. The van der Waals surface area contributed by atoms with Crippen LogP contribution in [-0.2, 0) is 24.6 Å². The zero-order chi connectivity index (χ0) is 26.4. The molecule has 2 aromatic carbocycles. The number of benzene rings is 2. The van der Waals surface area contributed by atoms with Crippen LogP contribution in [0.1, 0.15) is 25.0 Å².